The van der Waals surface area contributed by atoms with Crippen molar-refractivity contribution in [2.75, 3.05) is 19.8 Å². The molecule has 2 N–H and O–H groups in total. The molecule has 17 heavy (non-hydrogen) atoms. The molecule has 0 saturated heterocycles. The van der Waals surface area contributed by atoms with Gasteiger partial charge in [-0.3, -0.25) is 0 Å². The monoisotopic (exact) mass is 239 g/mol. The molecule has 0 bridgehead atoms. The Morgan fingerprint density at radius 3 is 2.53 bits per heavy atom. The molecule has 1 atom stereocenters. The third kappa shape index (κ3) is 2.69. The fourth-order valence-corrected chi connectivity index (χ4v) is 2.03. The van der Waals surface area contributed by atoms with E-state index in [-0.39, 0.29) is 0 Å². The predicted octanol–water partition coefficient (Wildman–Crippen LogP) is 2.38. The van der Waals surface area contributed by atoms with Crippen LogP contribution in [0.1, 0.15) is 30.6 Å². The lowest BCUT2D eigenvalue weighted by molar-refractivity contribution is 0.170. The zero-order chi connectivity index (χ0) is 12.3. The van der Waals surface area contributed by atoms with Gasteiger partial charge in [-0.05, 0) is 49.6 Å². The van der Waals surface area contributed by atoms with E-state index in [2.05, 4.69) is 0 Å². The second kappa shape index (κ2) is 5.36. The maximum atomic E-state index is 13.6. The van der Waals surface area contributed by atoms with Gasteiger partial charge < -0.3 is 15.2 Å². The highest BCUT2D eigenvalue weighted by atomic mass is 19.1. The van der Waals surface area contributed by atoms with Crippen LogP contribution in [0.5, 0.6) is 11.5 Å². The molecule has 94 valence electrons. The molecule has 2 rings (SSSR count). The predicted molar refractivity (Wildman–Crippen MR) is 64.3 cm³/mol. The quantitative estimate of drug-likeness (QED) is 0.877. The van der Waals surface area contributed by atoms with Crippen LogP contribution in [0.25, 0.3) is 0 Å². The van der Waals surface area contributed by atoms with Crippen molar-refractivity contribution in [3.05, 3.63) is 23.3 Å². The minimum atomic E-state index is -1.00. The molecule has 1 unspecified atom stereocenters. The van der Waals surface area contributed by atoms with Gasteiger partial charge in [-0.15, -0.1) is 0 Å². The average molecular weight is 239 g/mol. The van der Waals surface area contributed by atoms with Crippen molar-refractivity contribution in [3.63, 3.8) is 0 Å². The van der Waals surface area contributed by atoms with Gasteiger partial charge in [-0.1, -0.05) is 0 Å². The van der Waals surface area contributed by atoms with Crippen LogP contribution in [0.3, 0.4) is 0 Å². The summed E-state index contributed by atoms with van der Waals surface area (Å²) in [6, 6.07) is 3.64. The van der Waals surface area contributed by atoms with Gasteiger partial charge in [0.05, 0.1) is 0 Å². The first-order valence-corrected chi connectivity index (χ1v) is 5.99. The molecule has 1 aliphatic rings. The molecule has 0 spiro atoms. The molecular formula is C13H18FNO2. The Morgan fingerprint density at radius 1 is 1.29 bits per heavy atom. The maximum Gasteiger partial charge on any atom is 0.161 e. The summed E-state index contributed by atoms with van der Waals surface area (Å²) in [7, 11) is 0. The van der Waals surface area contributed by atoms with Crippen molar-refractivity contribution in [2.45, 2.75) is 25.9 Å². The zero-order valence-electron chi connectivity index (χ0n) is 10.0. The summed E-state index contributed by atoms with van der Waals surface area (Å²) in [6.07, 6.45) is 0.620. The van der Waals surface area contributed by atoms with Crippen molar-refractivity contribution in [1.82, 2.24) is 0 Å². The minimum Gasteiger partial charge on any atom is -0.486 e. The molecule has 0 aromatic heterocycles. The second-order valence-electron chi connectivity index (χ2n) is 4.20. The van der Waals surface area contributed by atoms with Crippen LogP contribution in [0.15, 0.2) is 12.1 Å². The van der Waals surface area contributed by atoms with Crippen LogP contribution < -0.4 is 15.2 Å². The summed E-state index contributed by atoms with van der Waals surface area (Å²) in [5.41, 5.74) is 7.14. The second-order valence-corrected chi connectivity index (χ2v) is 4.20. The standard InChI is InChI=1S/C13H18FNO2/c1-9(14)11-8-13-12(16-5-6-17-13)7-10(11)3-2-4-15/h7-9H,2-6,15H2,1H3. The largest absolute Gasteiger partial charge is 0.486 e. The SMILES string of the molecule is CC(F)c1cc2c(cc1CCCN)OCCO2. The Morgan fingerprint density at radius 2 is 1.94 bits per heavy atom. The summed E-state index contributed by atoms with van der Waals surface area (Å²) in [6.45, 7) is 3.22. The molecule has 1 aromatic rings. The molecule has 0 amide bonds. The number of ether oxygens (including phenoxy) is 2. The summed E-state index contributed by atoms with van der Waals surface area (Å²) in [4.78, 5) is 0. The molecule has 1 aliphatic heterocycles. The topological polar surface area (TPSA) is 44.5 Å². The number of hydrogen-bond acceptors (Lipinski definition) is 3. The highest BCUT2D eigenvalue weighted by Crippen LogP contribution is 2.36. The van der Waals surface area contributed by atoms with Gasteiger partial charge in [-0.25, -0.2) is 4.39 Å². The van der Waals surface area contributed by atoms with E-state index in [9.17, 15) is 4.39 Å². The number of hydrogen-bond donors (Lipinski definition) is 1. The van der Waals surface area contributed by atoms with E-state index in [1.165, 1.54) is 6.92 Å². The normalized spacial score (nSPS) is 15.7. The van der Waals surface area contributed by atoms with Gasteiger partial charge >= 0.3 is 0 Å². The first-order valence-electron chi connectivity index (χ1n) is 5.99. The van der Waals surface area contributed by atoms with E-state index in [0.717, 1.165) is 18.4 Å². The summed E-state index contributed by atoms with van der Waals surface area (Å²) in [5, 5.41) is 0. The molecule has 1 aromatic carbocycles. The van der Waals surface area contributed by atoms with E-state index in [4.69, 9.17) is 15.2 Å². The van der Waals surface area contributed by atoms with Crippen molar-refractivity contribution < 1.29 is 13.9 Å². The number of halogens is 1. The van der Waals surface area contributed by atoms with Crippen LogP contribution in [0.2, 0.25) is 0 Å². The lowest BCUT2D eigenvalue weighted by Gasteiger charge is -2.21. The Kier molecular flexibility index (Phi) is 3.84. The lowest BCUT2D eigenvalue weighted by Crippen LogP contribution is -2.16. The molecular weight excluding hydrogens is 221 g/mol. The van der Waals surface area contributed by atoms with Crippen LogP contribution >= 0.6 is 0 Å². The smallest absolute Gasteiger partial charge is 0.161 e. The van der Waals surface area contributed by atoms with E-state index < -0.39 is 6.17 Å². The molecule has 0 fully saturated rings. The molecule has 0 radical (unpaired) electrons. The molecule has 0 aliphatic carbocycles. The molecule has 3 nitrogen and oxygen atoms in total. The average Bonchev–Trinajstić information content (AvgIpc) is 2.35. The first-order chi connectivity index (χ1) is 8.22. The fraction of sp³-hybridized carbons (Fsp3) is 0.538. The highest BCUT2D eigenvalue weighted by molar-refractivity contribution is 5.49. The molecule has 1 heterocycles. The van der Waals surface area contributed by atoms with E-state index in [1.807, 2.05) is 6.07 Å². The maximum absolute atomic E-state index is 13.6. The van der Waals surface area contributed by atoms with Crippen LogP contribution in [0, 0.1) is 0 Å². The Hall–Kier alpha value is -1.29. The number of nitrogens with two attached hydrogens (primary N) is 1. The van der Waals surface area contributed by atoms with Crippen LogP contribution in [-0.4, -0.2) is 19.8 Å². The number of benzene rings is 1. The molecule has 0 saturated carbocycles. The minimum absolute atomic E-state index is 0.523. The fourth-order valence-electron chi connectivity index (χ4n) is 2.03. The van der Waals surface area contributed by atoms with Crippen molar-refractivity contribution in [3.8, 4) is 11.5 Å². The van der Waals surface area contributed by atoms with Gasteiger partial charge in [0.1, 0.15) is 19.4 Å². The van der Waals surface area contributed by atoms with Gasteiger partial charge in [0.25, 0.3) is 0 Å². The number of fused-ring (bicyclic) bond motifs is 1. The van der Waals surface area contributed by atoms with Crippen LogP contribution in [-0.2, 0) is 6.42 Å². The van der Waals surface area contributed by atoms with Gasteiger partial charge in [-0.2, -0.15) is 0 Å². The third-order valence-corrected chi connectivity index (χ3v) is 2.88. The lowest BCUT2D eigenvalue weighted by atomic mass is 9.99. The summed E-state index contributed by atoms with van der Waals surface area (Å²) in [5.74, 6) is 1.36. The van der Waals surface area contributed by atoms with Crippen molar-refractivity contribution in [1.29, 1.82) is 0 Å². The van der Waals surface area contributed by atoms with Crippen molar-refractivity contribution in [2.24, 2.45) is 5.73 Å². The van der Waals surface area contributed by atoms with Gasteiger partial charge in [0.15, 0.2) is 11.5 Å². The third-order valence-electron chi connectivity index (χ3n) is 2.88. The number of rotatable bonds is 4. The summed E-state index contributed by atoms with van der Waals surface area (Å²) >= 11 is 0. The zero-order valence-corrected chi connectivity index (χ0v) is 10.0. The molecule has 4 heteroatoms. The Balaban J connectivity index is 2.33. The number of alkyl halides is 1. The Labute approximate surface area is 101 Å². The summed E-state index contributed by atoms with van der Waals surface area (Å²) < 4.78 is 24.5. The van der Waals surface area contributed by atoms with Crippen LogP contribution in [0.4, 0.5) is 4.39 Å². The number of aryl methyl sites for hydroxylation is 1. The Bertz CT molecular complexity index is 393. The van der Waals surface area contributed by atoms with E-state index in [0.29, 0.717) is 36.8 Å². The van der Waals surface area contributed by atoms with E-state index in [1.54, 1.807) is 6.07 Å². The van der Waals surface area contributed by atoms with Gasteiger partial charge in [0, 0.05) is 0 Å². The van der Waals surface area contributed by atoms with Crippen molar-refractivity contribution >= 4 is 0 Å². The van der Waals surface area contributed by atoms with Gasteiger partial charge in [0.2, 0.25) is 0 Å². The van der Waals surface area contributed by atoms with E-state index >= 15 is 0 Å². The first kappa shape index (κ1) is 12.2. The highest BCUT2D eigenvalue weighted by Gasteiger charge is 2.18.